The molecule has 4 N–H and O–H groups in total. The van der Waals surface area contributed by atoms with E-state index in [2.05, 4.69) is 26.5 Å². The normalized spacial score (nSPS) is 35.8. The van der Waals surface area contributed by atoms with Crippen LogP contribution in [-0.4, -0.2) is 55.7 Å². The van der Waals surface area contributed by atoms with E-state index in [9.17, 15) is 31.1 Å². The van der Waals surface area contributed by atoms with Crippen LogP contribution in [0.4, 0.5) is 26.3 Å². The molecule has 34 heavy (non-hydrogen) atoms. The predicted octanol–water partition coefficient (Wildman–Crippen LogP) is 3.38. The summed E-state index contributed by atoms with van der Waals surface area (Å²) in [5, 5.41) is 5.54. The molecule has 0 spiro atoms. The number of carbonyl (C=O) groups is 1. The maximum atomic E-state index is 13.2. The van der Waals surface area contributed by atoms with Gasteiger partial charge in [-0.3, -0.25) is 10.1 Å². The third-order valence-electron chi connectivity index (χ3n) is 7.13. The van der Waals surface area contributed by atoms with Gasteiger partial charge in [0.25, 0.3) is 0 Å². The van der Waals surface area contributed by atoms with Gasteiger partial charge in [-0.15, -0.1) is 0 Å². The molecular weight excluding hydrogens is 468 g/mol. The van der Waals surface area contributed by atoms with E-state index in [1.807, 2.05) is 0 Å². The summed E-state index contributed by atoms with van der Waals surface area (Å²) in [5.41, 5.74) is 4.66. The van der Waals surface area contributed by atoms with E-state index < -0.39 is 42.4 Å². The summed E-state index contributed by atoms with van der Waals surface area (Å²) in [7, 11) is 1.61. The van der Waals surface area contributed by atoms with Crippen LogP contribution >= 0.6 is 0 Å². The maximum absolute atomic E-state index is 13.2. The van der Waals surface area contributed by atoms with Crippen LogP contribution in [0.3, 0.4) is 0 Å². The van der Waals surface area contributed by atoms with Gasteiger partial charge in [-0.2, -0.15) is 26.3 Å². The first-order chi connectivity index (χ1) is 15.9. The molecule has 13 heteroatoms. The topological polar surface area (TPSA) is 86.8 Å². The number of guanidine groups is 1. The highest BCUT2D eigenvalue weighted by Crippen LogP contribution is 2.37. The monoisotopic (exact) mass is 501 g/mol. The van der Waals surface area contributed by atoms with Crippen LogP contribution < -0.4 is 21.5 Å². The Morgan fingerprint density at radius 2 is 1.65 bits per heavy atom. The van der Waals surface area contributed by atoms with Gasteiger partial charge in [-0.05, 0) is 44.9 Å². The van der Waals surface area contributed by atoms with E-state index in [0.29, 0.717) is 38.5 Å². The standard InChI is InChI=1S/C21H33F6N5O2/c1-11-16(21(25,26)27)31-32-17(11)29-19(28-14-5-3-4-13(10-14)20(22,23)24)30-18(33)12-6-8-15(34-2)9-7-12/h11-17,31-32H,3-10H2,1-2H3,(H2,28,29,30,33). The number of amides is 1. The summed E-state index contributed by atoms with van der Waals surface area (Å²) in [4.78, 5) is 17.1. The van der Waals surface area contributed by atoms with Crippen LogP contribution in [0, 0.1) is 17.8 Å². The summed E-state index contributed by atoms with van der Waals surface area (Å²) in [6.07, 6.45) is -6.60. The Morgan fingerprint density at radius 3 is 2.21 bits per heavy atom. The number of carbonyl (C=O) groups excluding carboxylic acids is 1. The molecule has 0 aromatic carbocycles. The lowest BCUT2D eigenvalue weighted by Crippen LogP contribution is -2.51. The van der Waals surface area contributed by atoms with E-state index >= 15 is 0 Å². The second-order valence-electron chi connectivity index (χ2n) is 9.53. The van der Waals surface area contributed by atoms with Crippen molar-refractivity contribution in [3.8, 4) is 0 Å². The first-order valence-corrected chi connectivity index (χ1v) is 11.7. The fourth-order valence-electron chi connectivity index (χ4n) is 4.99. The Hall–Kier alpha value is -1.60. The van der Waals surface area contributed by atoms with Crippen molar-refractivity contribution in [2.75, 3.05) is 7.11 Å². The average Bonchev–Trinajstić information content (AvgIpc) is 3.13. The smallest absolute Gasteiger partial charge is 0.381 e. The predicted molar refractivity (Wildman–Crippen MR) is 112 cm³/mol. The number of halogens is 6. The van der Waals surface area contributed by atoms with Gasteiger partial charge in [-0.1, -0.05) is 13.3 Å². The zero-order valence-corrected chi connectivity index (χ0v) is 19.2. The van der Waals surface area contributed by atoms with Crippen LogP contribution in [0.2, 0.25) is 0 Å². The first kappa shape index (κ1) is 27.0. The number of hydrogen-bond donors (Lipinski definition) is 4. The number of nitrogens with zero attached hydrogens (tertiary/aromatic N) is 1. The summed E-state index contributed by atoms with van der Waals surface area (Å²) >= 11 is 0. The third-order valence-corrected chi connectivity index (χ3v) is 7.13. The van der Waals surface area contributed by atoms with Gasteiger partial charge in [-0.25, -0.2) is 15.8 Å². The van der Waals surface area contributed by atoms with Crippen molar-refractivity contribution in [2.24, 2.45) is 22.7 Å². The molecule has 3 rings (SSSR count). The second kappa shape index (κ2) is 11.0. The molecule has 1 heterocycles. The van der Waals surface area contributed by atoms with Crippen molar-refractivity contribution >= 4 is 11.9 Å². The highest BCUT2D eigenvalue weighted by Gasteiger charge is 2.49. The Balaban J connectivity index is 1.72. The van der Waals surface area contributed by atoms with E-state index in [1.54, 1.807) is 7.11 Å². The number of methoxy groups -OCH3 is 1. The minimum Gasteiger partial charge on any atom is -0.381 e. The average molecular weight is 502 g/mol. The van der Waals surface area contributed by atoms with Gasteiger partial charge < -0.3 is 10.1 Å². The molecule has 5 unspecified atom stereocenters. The van der Waals surface area contributed by atoms with Crippen LogP contribution in [0.25, 0.3) is 0 Å². The van der Waals surface area contributed by atoms with E-state index in [-0.39, 0.29) is 36.7 Å². The van der Waals surface area contributed by atoms with E-state index in [4.69, 9.17) is 4.74 Å². The molecule has 1 amide bonds. The highest BCUT2D eigenvalue weighted by molar-refractivity contribution is 5.98. The highest BCUT2D eigenvalue weighted by atomic mass is 19.4. The molecule has 0 bridgehead atoms. The van der Waals surface area contributed by atoms with Crippen molar-refractivity contribution in [3.63, 3.8) is 0 Å². The van der Waals surface area contributed by atoms with Crippen LogP contribution in [-0.2, 0) is 9.53 Å². The number of hydrogen-bond acceptors (Lipinski definition) is 5. The maximum Gasteiger partial charge on any atom is 0.405 e. The molecule has 196 valence electrons. The fourth-order valence-corrected chi connectivity index (χ4v) is 4.99. The van der Waals surface area contributed by atoms with Crippen molar-refractivity contribution < 1.29 is 35.9 Å². The number of hydrazine groups is 1. The first-order valence-electron chi connectivity index (χ1n) is 11.7. The van der Waals surface area contributed by atoms with Gasteiger partial charge in [0.05, 0.1) is 12.0 Å². The lowest BCUT2D eigenvalue weighted by atomic mass is 9.85. The summed E-state index contributed by atoms with van der Waals surface area (Å²) in [6, 6.07) is -2.45. The molecule has 0 aromatic heterocycles. The molecule has 1 saturated heterocycles. The largest absolute Gasteiger partial charge is 0.405 e. The molecule has 0 radical (unpaired) electrons. The molecule has 0 aromatic rings. The lowest BCUT2D eigenvalue weighted by molar-refractivity contribution is -0.183. The van der Waals surface area contributed by atoms with E-state index in [0.717, 1.165) is 0 Å². The van der Waals surface area contributed by atoms with Crippen LogP contribution in [0.15, 0.2) is 4.99 Å². The minimum absolute atomic E-state index is 0.0294. The molecule has 2 saturated carbocycles. The van der Waals surface area contributed by atoms with Gasteiger partial charge in [0, 0.05) is 25.0 Å². The SMILES string of the molecule is COC1CCC(C(=O)N/C(=N\C2NNC(C(F)(F)F)C2C)NC2CCCC(C(F)(F)F)C2)CC1. The zero-order valence-electron chi connectivity index (χ0n) is 19.2. The zero-order chi connectivity index (χ0) is 25.1. The number of nitrogens with one attached hydrogen (secondary N) is 4. The Morgan fingerprint density at radius 1 is 0.971 bits per heavy atom. The number of rotatable bonds is 4. The molecular formula is C21H33F6N5O2. The fraction of sp³-hybridized carbons (Fsp3) is 0.905. The molecule has 3 fully saturated rings. The van der Waals surface area contributed by atoms with Gasteiger partial charge >= 0.3 is 12.4 Å². The van der Waals surface area contributed by atoms with E-state index in [1.165, 1.54) is 6.92 Å². The number of aliphatic imine (C=N–C) groups is 1. The van der Waals surface area contributed by atoms with Crippen LogP contribution in [0.1, 0.15) is 58.3 Å². The Kier molecular flexibility index (Phi) is 8.72. The summed E-state index contributed by atoms with van der Waals surface area (Å²) in [6.45, 7) is 1.37. The Bertz CT molecular complexity index is 723. The quantitative estimate of drug-likeness (QED) is 0.270. The van der Waals surface area contributed by atoms with Crippen molar-refractivity contribution in [2.45, 2.75) is 95.0 Å². The molecule has 7 nitrogen and oxygen atoms in total. The Labute approximate surface area is 194 Å². The van der Waals surface area contributed by atoms with Crippen LogP contribution in [0.5, 0.6) is 0 Å². The summed E-state index contributed by atoms with van der Waals surface area (Å²) in [5.74, 6) is -3.25. The molecule has 3 aliphatic rings. The van der Waals surface area contributed by atoms with Crippen molar-refractivity contribution in [1.29, 1.82) is 0 Å². The molecule has 1 aliphatic heterocycles. The lowest BCUT2D eigenvalue weighted by Gasteiger charge is -2.32. The number of ether oxygens (including phenoxy) is 1. The van der Waals surface area contributed by atoms with Gasteiger partial charge in [0.2, 0.25) is 5.91 Å². The number of alkyl halides is 6. The van der Waals surface area contributed by atoms with Crippen molar-refractivity contribution in [1.82, 2.24) is 21.5 Å². The molecule has 5 atom stereocenters. The van der Waals surface area contributed by atoms with Gasteiger partial charge in [0.15, 0.2) is 5.96 Å². The third kappa shape index (κ3) is 6.97. The van der Waals surface area contributed by atoms with Gasteiger partial charge in [0.1, 0.15) is 12.2 Å². The molecule has 2 aliphatic carbocycles. The minimum atomic E-state index is -4.50. The summed E-state index contributed by atoms with van der Waals surface area (Å²) < 4.78 is 84.6. The van der Waals surface area contributed by atoms with Crippen molar-refractivity contribution in [3.05, 3.63) is 0 Å². The second-order valence-corrected chi connectivity index (χ2v) is 9.53.